The van der Waals surface area contributed by atoms with Crippen LogP contribution in [0.5, 0.6) is 0 Å². The number of thioether (sulfide) groups is 1. The largest absolute Gasteiger partial charge is 0.238 e. The molecule has 1 aliphatic rings. The molecule has 12 heavy (non-hydrogen) atoms. The molecule has 0 atom stereocenters. The van der Waals surface area contributed by atoms with Gasteiger partial charge in [-0.15, -0.1) is 0 Å². The Hall–Kier alpha value is -0.280. The van der Waals surface area contributed by atoms with Crippen LogP contribution in [0.1, 0.15) is 17.1 Å². The van der Waals surface area contributed by atoms with Crippen LogP contribution in [0.15, 0.2) is 0 Å². The van der Waals surface area contributed by atoms with Gasteiger partial charge in [-0.3, -0.25) is 0 Å². The van der Waals surface area contributed by atoms with Crippen molar-refractivity contribution in [2.45, 2.75) is 19.1 Å². The number of halogens is 1. The first-order chi connectivity index (χ1) is 5.77. The number of hydrogen-bond donors (Lipinski definition) is 0. The summed E-state index contributed by atoms with van der Waals surface area (Å²) < 4.78 is 0. The monoisotopic (exact) mass is 200 g/mol. The number of rotatable bonds is 0. The summed E-state index contributed by atoms with van der Waals surface area (Å²) in [6, 6.07) is 0. The Labute approximate surface area is 80.8 Å². The lowest BCUT2D eigenvalue weighted by Gasteiger charge is -2.15. The zero-order valence-electron chi connectivity index (χ0n) is 6.80. The summed E-state index contributed by atoms with van der Waals surface area (Å²) in [5, 5.41) is 0.643. The van der Waals surface area contributed by atoms with Crippen molar-refractivity contribution in [2.24, 2.45) is 0 Å². The third-order valence-corrected chi connectivity index (χ3v) is 3.18. The molecule has 1 aliphatic heterocycles. The molecule has 1 aromatic rings. The zero-order valence-corrected chi connectivity index (χ0v) is 8.37. The molecule has 0 N–H and O–H groups in total. The van der Waals surface area contributed by atoms with Gasteiger partial charge in [-0.05, 0) is 19.1 Å². The molecule has 2 nitrogen and oxygen atoms in total. The van der Waals surface area contributed by atoms with Crippen LogP contribution in [0, 0.1) is 6.92 Å². The van der Waals surface area contributed by atoms with E-state index >= 15 is 0 Å². The number of nitrogens with zero attached hydrogens (tertiary/aromatic N) is 2. The van der Waals surface area contributed by atoms with Gasteiger partial charge in [0.1, 0.15) is 11.0 Å². The van der Waals surface area contributed by atoms with Gasteiger partial charge in [-0.1, -0.05) is 11.6 Å². The van der Waals surface area contributed by atoms with Crippen molar-refractivity contribution >= 4 is 23.4 Å². The Kier molecular flexibility index (Phi) is 2.24. The van der Waals surface area contributed by atoms with Crippen LogP contribution in [0.3, 0.4) is 0 Å². The van der Waals surface area contributed by atoms with Gasteiger partial charge in [-0.2, -0.15) is 11.8 Å². The van der Waals surface area contributed by atoms with E-state index < -0.39 is 0 Å². The van der Waals surface area contributed by atoms with Gasteiger partial charge >= 0.3 is 0 Å². The molecule has 4 heteroatoms. The van der Waals surface area contributed by atoms with Crippen molar-refractivity contribution in [3.05, 3.63) is 22.2 Å². The summed E-state index contributed by atoms with van der Waals surface area (Å²) in [6.07, 6.45) is 1.03. The second-order valence-electron chi connectivity index (χ2n) is 2.79. The first kappa shape index (κ1) is 8.32. The van der Waals surface area contributed by atoms with Crippen molar-refractivity contribution < 1.29 is 0 Å². The predicted molar refractivity (Wildman–Crippen MR) is 51.6 cm³/mol. The van der Waals surface area contributed by atoms with Gasteiger partial charge in [-0.25, -0.2) is 9.97 Å². The fraction of sp³-hybridized carbons (Fsp3) is 0.500. The van der Waals surface area contributed by atoms with Crippen LogP contribution in [-0.2, 0) is 12.2 Å². The Morgan fingerprint density at radius 2 is 2.25 bits per heavy atom. The lowest BCUT2D eigenvalue weighted by Crippen LogP contribution is -2.08. The second-order valence-corrected chi connectivity index (χ2v) is 4.25. The molecule has 0 radical (unpaired) electrons. The fourth-order valence-electron chi connectivity index (χ4n) is 1.31. The molecule has 0 spiro atoms. The molecule has 64 valence electrons. The molecule has 0 saturated carbocycles. The molecule has 1 aromatic heterocycles. The number of aromatic nitrogens is 2. The number of hydrogen-bond acceptors (Lipinski definition) is 3. The molecule has 0 aromatic carbocycles. The lowest BCUT2D eigenvalue weighted by molar-refractivity contribution is 0.914. The van der Waals surface area contributed by atoms with Crippen LogP contribution in [0.2, 0.25) is 5.15 Å². The van der Waals surface area contributed by atoms with E-state index in [1.165, 1.54) is 0 Å². The summed E-state index contributed by atoms with van der Waals surface area (Å²) in [6.45, 7) is 1.88. The van der Waals surface area contributed by atoms with Crippen LogP contribution < -0.4 is 0 Å². The summed E-state index contributed by atoms with van der Waals surface area (Å²) >= 11 is 7.88. The van der Waals surface area contributed by atoms with E-state index in [9.17, 15) is 0 Å². The molecular formula is C8H9ClN2S. The second kappa shape index (κ2) is 3.23. The minimum Gasteiger partial charge on any atom is -0.238 e. The van der Waals surface area contributed by atoms with Crippen molar-refractivity contribution in [1.29, 1.82) is 0 Å². The molecule has 0 aliphatic carbocycles. The normalized spacial score (nSPS) is 15.8. The molecular weight excluding hydrogens is 192 g/mol. The van der Waals surface area contributed by atoms with Crippen LogP contribution >= 0.6 is 23.4 Å². The Morgan fingerprint density at radius 1 is 1.42 bits per heavy atom. The highest BCUT2D eigenvalue weighted by molar-refractivity contribution is 7.98. The zero-order chi connectivity index (χ0) is 8.55. The van der Waals surface area contributed by atoms with Gasteiger partial charge in [0.05, 0.1) is 5.69 Å². The topological polar surface area (TPSA) is 25.8 Å². The average Bonchev–Trinajstić information content (AvgIpc) is 2.04. The van der Waals surface area contributed by atoms with E-state index in [0.717, 1.165) is 35.0 Å². The Balaban J connectivity index is 2.53. The Morgan fingerprint density at radius 3 is 3.08 bits per heavy atom. The maximum atomic E-state index is 5.98. The first-order valence-electron chi connectivity index (χ1n) is 3.87. The highest BCUT2D eigenvalue weighted by atomic mass is 35.5. The highest BCUT2D eigenvalue weighted by Gasteiger charge is 2.15. The van der Waals surface area contributed by atoms with Gasteiger partial charge in [0, 0.05) is 11.3 Å². The van der Waals surface area contributed by atoms with Crippen molar-refractivity contribution in [3.63, 3.8) is 0 Å². The van der Waals surface area contributed by atoms with E-state index in [1.807, 2.05) is 18.7 Å². The van der Waals surface area contributed by atoms with Crippen molar-refractivity contribution in [3.8, 4) is 0 Å². The van der Waals surface area contributed by atoms with Crippen LogP contribution in [-0.4, -0.2) is 15.7 Å². The summed E-state index contributed by atoms with van der Waals surface area (Å²) in [7, 11) is 0. The molecule has 0 fully saturated rings. The lowest BCUT2D eigenvalue weighted by atomic mass is 10.2. The summed E-state index contributed by atoms with van der Waals surface area (Å²) in [5.41, 5.74) is 2.28. The number of fused-ring (bicyclic) bond motifs is 1. The van der Waals surface area contributed by atoms with E-state index in [0.29, 0.717) is 5.15 Å². The first-order valence-corrected chi connectivity index (χ1v) is 5.40. The standard InChI is InChI=1S/C8H9ClN2S/c1-5-10-7-2-3-12-4-6(7)8(9)11-5/h2-4H2,1H3. The molecule has 0 bridgehead atoms. The predicted octanol–water partition coefficient (Wildman–Crippen LogP) is 2.23. The maximum absolute atomic E-state index is 5.98. The van der Waals surface area contributed by atoms with Crippen molar-refractivity contribution in [1.82, 2.24) is 9.97 Å². The quantitative estimate of drug-likeness (QED) is 0.601. The third-order valence-electron chi connectivity index (χ3n) is 1.88. The van der Waals surface area contributed by atoms with Gasteiger partial charge in [0.25, 0.3) is 0 Å². The van der Waals surface area contributed by atoms with Crippen molar-refractivity contribution in [2.75, 3.05) is 5.75 Å². The van der Waals surface area contributed by atoms with E-state index in [-0.39, 0.29) is 0 Å². The van der Waals surface area contributed by atoms with Crippen LogP contribution in [0.25, 0.3) is 0 Å². The summed E-state index contributed by atoms with van der Waals surface area (Å²) in [5.74, 6) is 2.90. The minimum atomic E-state index is 0.643. The molecule has 2 rings (SSSR count). The minimum absolute atomic E-state index is 0.643. The highest BCUT2D eigenvalue weighted by Crippen LogP contribution is 2.27. The third kappa shape index (κ3) is 1.43. The maximum Gasteiger partial charge on any atom is 0.137 e. The fourth-order valence-corrected chi connectivity index (χ4v) is 2.68. The van der Waals surface area contributed by atoms with E-state index in [2.05, 4.69) is 9.97 Å². The van der Waals surface area contributed by atoms with Crippen LogP contribution in [0.4, 0.5) is 0 Å². The summed E-state index contributed by atoms with van der Waals surface area (Å²) in [4.78, 5) is 8.49. The molecule has 0 saturated heterocycles. The van der Waals surface area contributed by atoms with E-state index in [4.69, 9.17) is 11.6 Å². The molecule has 0 unspecified atom stereocenters. The van der Waals surface area contributed by atoms with Gasteiger partial charge in [0.2, 0.25) is 0 Å². The molecule has 2 heterocycles. The SMILES string of the molecule is Cc1nc(Cl)c2c(n1)CCSC2. The van der Waals surface area contributed by atoms with E-state index in [1.54, 1.807) is 0 Å². The van der Waals surface area contributed by atoms with Gasteiger partial charge in [0.15, 0.2) is 0 Å². The molecule has 0 amide bonds. The smallest absolute Gasteiger partial charge is 0.137 e. The number of aryl methyl sites for hydroxylation is 2. The van der Waals surface area contributed by atoms with Gasteiger partial charge < -0.3 is 0 Å². The average molecular weight is 201 g/mol. The Bertz CT molecular complexity index is 314.